The van der Waals surface area contributed by atoms with Crippen molar-refractivity contribution < 1.29 is 28.9 Å². The van der Waals surface area contributed by atoms with Crippen LogP contribution in [0.25, 0.3) is 11.0 Å². The fraction of sp³-hybridized carbons (Fsp3) is 0.333. The minimum atomic E-state index is -1.26. The molecule has 3 rings (SSSR count). The van der Waals surface area contributed by atoms with Crippen molar-refractivity contribution in [1.29, 1.82) is 0 Å². The zero-order valence-corrected chi connectivity index (χ0v) is 19.4. The van der Waals surface area contributed by atoms with Crippen LogP contribution < -0.4 is 16.2 Å². The summed E-state index contributed by atoms with van der Waals surface area (Å²) >= 11 is 0. The maximum absolute atomic E-state index is 13.2. The minimum Gasteiger partial charge on any atom is -0.505 e. The molecule has 0 saturated carbocycles. The molecule has 2 aromatic heterocycles. The van der Waals surface area contributed by atoms with E-state index in [1.807, 2.05) is 13.8 Å². The van der Waals surface area contributed by atoms with Crippen molar-refractivity contribution in [2.75, 3.05) is 19.7 Å². The lowest BCUT2D eigenvalue weighted by Gasteiger charge is -2.16. The summed E-state index contributed by atoms with van der Waals surface area (Å²) in [5.74, 6) is -1.72. The molecule has 0 saturated heterocycles. The maximum Gasteiger partial charge on any atom is 0.404 e. The number of hydrogen-bond acceptors (Lipinski definition) is 6. The molecule has 0 unspecified atom stereocenters. The molecule has 11 heteroatoms. The lowest BCUT2D eigenvalue weighted by Crippen LogP contribution is -2.37. The molecule has 0 aliphatic heterocycles. The van der Waals surface area contributed by atoms with Crippen LogP contribution >= 0.6 is 0 Å². The van der Waals surface area contributed by atoms with Gasteiger partial charge in [-0.2, -0.15) is 0 Å². The number of benzene rings is 1. The summed E-state index contributed by atoms with van der Waals surface area (Å²) in [5.41, 5.74) is 0.454. The van der Waals surface area contributed by atoms with E-state index in [1.54, 1.807) is 18.2 Å². The highest BCUT2D eigenvalue weighted by Gasteiger charge is 2.23. The third-order valence-corrected chi connectivity index (χ3v) is 5.13. The molecule has 0 aliphatic rings. The standard InChI is InChI=1S/C24H27FN4O6/c1-14(2)35-10-8-26-22(31)19-21(30)20-18(29(23(19)32)9-7-27-24(33)34)12-16(13-28-20)11-15-3-5-17(25)6-4-15/h3-6,12-14,27,30H,7-11H2,1-2H3,(H,26,31)(H,33,34). The summed E-state index contributed by atoms with van der Waals surface area (Å²) in [5, 5.41) is 24.4. The predicted molar refractivity (Wildman–Crippen MR) is 126 cm³/mol. The summed E-state index contributed by atoms with van der Waals surface area (Å²) < 4.78 is 19.8. The Morgan fingerprint density at radius 3 is 2.51 bits per heavy atom. The molecule has 2 heterocycles. The van der Waals surface area contributed by atoms with Crippen LogP contribution in [0.3, 0.4) is 0 Å². The Labute approximate surface area is 200 Å². The maximum atomic E-state index is 13.2. The molecule has 0 aliphatic carbocycles. The van der Waals surface area contributed by atoms with Gasteiger partial charge in [0.05, 0.1) is 18.2 Å². The van der Waals surface area contributed by atoms with Gasteiger partial charge in [-0.1, -0.05) is 12.1 Å². The highest BCUT2D eigenvalue weighted by molar-refractivity contribution is 6.01. The number of hydrogen-bond donors (Lipinski definition) is 4. The number of carboxylic acid groups (broad SMARTS) is 1. The average Bonchev–Trinajstić information content (AvgIpc) is 2.80. The summed E-state index contributed by atoms with van der Waals surface area (Å²) in [6.07, 6.45) is 0.574. The first kappa shape index (κ1) is 25.6. The van der Waals surface area contributed by atoms with Gasteiger partial charge >= 0.3 is 6.09 Å². The molecule has 3 aromatic rings. The van der Waals surface area contributed by atoms with E-state index >= 15 is 0 Å². The molecule has 10 nitrogen and oxygen atoms in total. The summed E-state index contributed by atoms with van der Waals surface area (Å²) in [7, 11) is 0. The van der Waals surface area contributed by atoms with Crippen LogP contribution in [0.2, 0.25) is 0 Å². The number of ether oxygens (including phenoxy) is 1. The number of carbonyl (C=O) groups is 2. The zero-order chi connectivity index (χ0) is 25.5. The predicted octanol–water partition coefficient (Wildman–Crippen LogP) is 2.25. The molecule has 0 atom stereocenters. The van der Waals surface area contributed by atoms with Gasteiger partial charge in [0.25, 0.3) is 11.5 Å². The lowest BCUT2D eigenvalue weighted by molar-refractivity contribution is 0.0745. The molecule has 0 spiro atoms. The number of carbonyl (C=O) groups excluding carboxylic acids is 1. The van der Waals surface area contributed by atoms with Gasteiger partial charge in [-0.25, -0.2) is 9.18 Å². The van der Waals surface area contributed by atoms with E-state index in [0.717, 1.165) is 5.56 Å². The lowest BCUT2D eigenvalue weighted by atomic mass is 10.1. The smallest absolute Gasteiger partial charge is 0.404 e. The molecule has 0 bridgehead atoms. The minimum absolute atomic E-state index is 0.0198. The van der Waals surface area contributed by atoms with Gasteiger partial charge in [-0.15, -0.1) is 0 Å². The summed E-state index contributed by atoms with van der Waals surface area (Å²) in [6, 6.07) is 7.54. The second-order valence-electron chi connectivity index (χ2n) is 8.10. The monoisotopic (exact) mass is 486 g/mol. The van der Waals surface area contributed by atoms with Gasteiger partial charge < -0.3 is 30.2 Å². The van der Waals surface area contributed by atoms with Crippen LogP contribution in [0.4, 0.5) is 9.18 Å². The number of nitrogens with zero attached hydrogens (tertiary/aromatic N) is 2. The number of halogens is 1. The van der Waals surface area contributed by atoms with E-state index in [4.69, 9.17) is 9.84 Å². The second kappa shape index (κ2) is 11.4. The Bertz CT molecular complexity index is 1270. The van der Waals surface area contributed by atoms with Gasteiger partial charge in [0, 0.05) is 25.8 Å². The third-order valence-electron chi connectivity index (χ3n) is 5.13. The Kier molecular flexibility index (Phi) is 8.37. The number of aromatic nitrogens is 2. The molecular weight excluding hydrogens is 459 g/mol. The van der Waals surface area contributed by atoms with E-state index in [0.29, 0.717) is 12.0 Å². The van der Waals surface area contributed by atoms with E-state index in [-0.39, 0.29) is 49.2 Å². The van der Waals surface area contributed by atoms with Crippen LogP contribution in [-0.4, -0.2) is 57.6 Å². The normalized spacial score (nSPS) is 11.1. The first-order valence-electron chi connectivity index (χ1n) is 11.0. The quantitative estimate of drug-likeness (QED) is 0.322. The van der Waals surface area contributed by atoms with Gasteiger partial charge in [0.2, 0.25) is 0 Å². The average molecular weight is 487 g/mol. The van der Waals surface area contributed by atoms with Crippen LogP contribution in [0.1, 0.15) is 35.3 Å². The first-order chi connectivity index (χ1) is 16.7. The fourth-order valence-electron chi connectivity index (χ4n) is 3.53. The van der Waals surface area contributed by atoms with Crippen LogP contribution in [-0.2, 0) is 17.7 Å². The molecule has 1 aromatic carbocycles. The van der Waals surface area contributed by atoms with E-state index in [1.165, 1.54) is 22.9 Å². The Balaban J connectivity index is 2.00. The van der Waals surface area contributed by atoms with E-state index in [9.17, 15) is 23.9 Å². The van der Waals surface area contributed by atoms with Crippen molar-refractivity contribution in [2.24, 2.45) is 0 Å². The fourth-order valence-corrected chi connectivity index (χ4v) is 3.53. The van der Waals surface area contributed by atoms with Crippen molar-refractivity contribution in [3.63, 3.8) is 0 Å². The largest absolute Gasteiger partial charge is 0.505 e. The highest BCUT2D eigenvalue weighted by atomic mass is 19.1. The van der Waals surface area contributed by atoms with Crippen molar-refractivity contribution in [3.05, 3.63) is 69.4 Å². The highest BCUT2D eigenvalue weighted by Crippen LogP contribution is 2.26. The number of rotatable bonds is 10. The molecule has 186 valence electrons. The summed E-state index contributed by atoms with van der Waals surface area (Å²) in [4.78, 5) is 41.1. The molecule has 35 heavy (non-hydrogen) atoms. The van der Waals surface area contributed by atoms with E-state index < -0.39 is 28.9 Å². The van der Waals surface area contributed by atoms with Crippen molar-refractivity contribution in [3.8, 4) is 5.75 Å². The first-order valence-corrected chi connectivity index (χ1v) is 11.0. The SMILES string of the molecule is CC(C)OCCNC(=O)c1c(O)c2ncc(Cc3ccc(F)cc3)cc2n(CCNC(=O)O)c1=O. The van der Waals surface area contributed by atoms with Gasteiger partial charge in [-0.3, -0.25) is 14.6 Å². The number of pyridine rings is 2. The Morgan fingerprint density at radius 1 is 1.14 bits per heavy atom. The molecule has 0 radical (unpaired) electrons. The second-order valence-corrected chi connectivity index (χ2v) is 8.10. The zero-order valence-electron chi connectivity index (χ0n) is 19.4. The van der Waals surface area contributed by atoms with E-state index in [2.05, 4.69) is 15.6 Å². The van der Waals surface area contributed by atoms with Gasteiger partial charge in [0.15, 0.2) is 5.75 Å². The van der Waals surface area contributed by atoms with Crippen molar-refractivity contribution in [1.82, 2.24) is 20.2 Å². The van der Waals surface area contributed by atoms with Gasteiger partial charge in [0.1, 0.15) is 16.9 Å². The topological polar surface area (TPSA) is 143 Å². The molecule has 4 N–H and O–H groups in total. The van der Waals surface area contributed by atoms with Crippen LogP contribution in [0, 0.1) is 5.82 Å². The van der Waals surface area contributed by atoms with Crippen LogP contribution in [0.15, 0.2) is 41.3 Å². The molecular formula is C24H27FN4O6. The number of nitrogens with one attached hydrogen (secondary N) is 2. The Hall–Kier alpha value is -3.99. The Morgan fingerprint density at radius 2 is 1.86 bits per heavy atom. The number of amides is 2. The summed E-state index contributed by atoms with van der Waals surface area (Å²) in [6.45, 7) is 3.83. The van der Waals surface area contributed by atoms with Crippen LogP contribution in [0.5, 0.6) is 5.75 Å². The van der Waals surface area contributed by atoms with Crippen molar-refractivity contribution >= 4 is 23.0 Å². The third kappa shape index (κ3) is 6.54. The molecule has 2 amide bonds. The van der Waals surface area contributed by atoms with Crippen molar-refractivity contribution in [2.45, 2.75) is 32.9 Å². The van der Waals surface area contributed by atoms with Gasteiger partial charge in [-0.05, 0) is 49.6 Å². The number of fused-ring (bicyclic) bond motifs is 1. The molecule has 0 fully saturated rings. The number of aromatic hydroxyl groups is 1.